The Morgan fingerprint density at radius 2 is 1.68 bits per heavy atom. The van der Waals surface area contributed by atoms with E-state index in [1.54, 1.807) is 42.5 Å². The maximum absolute atomic E-state index is 12.4. The lowest BCUT2D eigenvalue weighted by atomic mass is 10.1. The van der Waals surface area contributed by atoms with Crippen molar-refractivity contribution in [2.75, 3.05) is 5.32 Å². The lowest BCUT2D eigenvalue weighted by molar-refractivity contribution is -0.112. The van der Waals surface area contributed by atoms with Crippen molar-refractivity contribution in [3.05, 3.63) is 94.0 Å². The number of carbonyl (C=O) groups excluding carboxylic acids is 1. The van der Waals surface area contributed by atoms with Crippen molar-refractivity contribution >= 4 is 43.7 Å². The minimum absolute atomic E-state index is 0.0533. The van der Waals surface area contributed by atoms with Crippen molar-refractivity contribution in [1.29, 1.82) is 5.26 Å². The van der Waals surface area contributed by atoms with Gasteiger partial charge in [0.25, 0.3) is 5.91 Å². The molecule has 0 saturated heterocycles. The van der Waals surface area contributed by atoms with Gasteiger partial charge in [-0.15, -0.1) is 0 Å². The van der Waals surface area contributed by atoms with Crippen LogP contribution in [0.15, 0.2) is 87.7 Å². The van der Waals surface area contributed by atoms with Gasteiger partial charge in [-0.1, -0.05) is 42.0 Å². The fourth-order valence-electron chi connectivity index (χ4n) is 2.57. The first-order valence-electron chi connectivity index (χ1n) is 9.07. The number of nitriles is 1. The number of nitrogens with one attached hydrogen (secondary N) is 1. The molecule has 0 radical (unpaired) electrons. The van der Waals surface area contributed by atoms with E-state index in [9.17, 15) is 18.5 Å². The standard InChI is InChI=1S/C23H17BrN2O4S/c1-16-6-12-20(13-7-16)31(28,29)30-19-10-8-17(9-11-19)14-18(15-25)23(27)26-22-5-3-2-4-21(22)24/h2-14H,1H3,(H,26,27)/b18-14+. The first-order chi connectivity index (χ1) is 14.8. The average molecular weight is 497 g/mol. The van der Waals surface area contributed by atoms with E-state index in [-0.39, 0.29) is 16.2 Å². The Morgan fingerprint density at radius 1 is 1.03 bits per heavy atom. The molecule has 0 unspecified atom stereocenters. The number of hydrogen-bond acceptors (Lipinski definition) is 5. The molecule has 0 atom stereocenters. The molecule has 0 bridgehead atoms. The van der Waals surface area contributed by atoms with E-state index >= 15 is 0 Å². The van der Waals surface area contributed by atoms with Crippen LogP contribution >= 0.6 is 15.9 Å². The predicted molar refractivity (Wildman–Crippen MR) is 122 cm³/mol. The molecule has 31 heavy (non-hydrogen) atoms. The Morgan fingerprint density at radius 3 is 2.29 bits per heavy atom. The molecule has 0 spiro atoms. The summed E-state index contributed by atoms with van der Waals surface area (Å²) in [4.78, 5) is 12.5. The third kappa shape index (κ3) is 5.81. The zero-order valence-corrected chi connectivity index (χ0v) is 18.8. The quantitative estimate of drug-likeness (QED) is 0.292. The molecule has 156 valence electrons. The van der Waals surface area contributed by atoms with Gasteiger partial charge in [0.1, 0.15) is 22.3 Å². The molecule has 8 heteroatoms. The van der Waals surface area contributed by atoms with Crippen molar-refractivity contribution in [3.8, 4) is 11.8 Å². The molecular formula is C23H17BrN2O4S. The van der Waals surface area contributed by atoms with Crippen LogP contribution in [-0.4, -0.2) is 14.3 Å². The molecule has 3 aromatic rings. The van der Waals surface area contributed by atoms with E-state index in [2.05, 4.69) is 21.2 Å². The number of para-hydroxylation sites is 1. The molecule has 3 rings (SSSR count). The number of rotatable bonds is 6. The van der Waals surface area contributed by atoms with Crippen molar-refractivity contribution in [2.24, 2.45) is 0 Å². The highest BCUT2D eigenvalue weighted by molar-refractivity contribution is 9.10. The van der Waals surface area contributed by atoms with E-state index in [4.69, 9.17) is 4.18 Å². The largest absolute Gasteiger partial charge is 0.379 e. The zero-order valence-electron chi connectivity index (χ0n) is 16.4. The van der Waals surface area contributed by atoms with Gasteiger partial charge in [-0.2, -0.15) is 13.7 Å². The Hall–Kier alpha value is -3.41. The molecule has 0 aromatic heterocycles. The lowest BCUT2D eigenvalue weighted by Gasteiger charge is -2.08. The molecule has 0 aliphatic carbocycles. The molecule has 3 aromatic carbocycles. The molecule has 1 amide bonds. The Labute approximate surface area is 189 Å². The van der Waals surface area contributed by atoms with Crippen LogP contribution in [0.1, 0.15) is 11.1 Å². The smallest absolute Gasteiger partial charge is 0.339 e. The third-order valence-electron chi connectivity index (χ3n) is 4.19. The summed E-state index contributed by atoms with van der Waals surface area (Å²) in [6, 6.07) is 21.3. The Kier molecular flexibility index (Phi) is 6.90. The van der Waals surface area contributed by atoms with Crippen molar-refractivity contribution in [3.63, 3.8) is 0 Å². The van der Waals surface area contributed by atoms with Gasteiger partial charge >= 0.3 is 10.1 Å². The number of amides is 1. The summed E-state index contributed by atoms with van der Waals surface area (Å²) < 4.78 is 30.6. The highest BCUT2D eigenvalue weighted by Gasteiger charge is 2.16. The van der Waals surface area contributed by atoms with E-state index in [1.165, 1.54) is 30.3 Å². The van der Waals surface area contributed by atoms with Crippen molar-refractivity contribution < 1.29 is 17.4 Å². The number of benzene rings is 3. The number of carbonyl (C=O) groups is 1. The van der Waals surface area contributed by atoms with Crippen LogP contribution in [-0.2, 0) is 14.9 Å². The van der Waals surface area contributed by atoms with E-state index < -0.39 is 16.0 Å². The van der Waals surface area contributed by atoms with Crippen molar-refractivity contribution in [1.82, 2.24) is 0 Å². The number of nitrogens with zero attached hydrogens (tertiary/aromatic N) is 1. The molecule has 0 aliphatic rings. The van der Waals surface area contributed by atoms with Gasteiger partial charge in [0, 0.05) is 4.47 Å². The SMILES string of the molecule is Cc1ccc(S(=O)(=O)Oc2ccc(/C=C(\C#N)C(=O)Nc3ccccc3Br)cc2)cc1. The van der Waals surface area contributed by atoms with Gasteiger partial charge in [-0.05, 0) is 70.9 Å². The fraction of sp³-hybridized carbons (Fsp3) is 0.0435. The monoisotopic (exact) mass is 496 g/mol. The first-order valence-corrected chi connectivity index (χ1v) is 11.3. The summed E-state index contributed by atoms with van der Waals surface area (Å²) in [6.45, 7) is 1.86. The maximum Gasteiger partial charge on any atom is 0.339 e. The second-order valence-corrected chi connectivity index (χ2v) is 8.92. The third-order valence-corrected chi connectivity index (χ3v) is 6.15. The second kappa shape index (κ2) is 9.60. The van der Waals surface area contributed by atoms with Crippen LogP contribution in [0.2, 0.25) is 0 Å². The summed E-state index contributed by atoms with van der Waals surface area (Å²) in [6.07, 6.45) is 1.41. The number of hydrogen-bond donors (Lipinski definition) is 1. The Bertz CT molecular complexity index is 1280. The average Bonchev–Trinajstić information content (AvgIpc) is 2.75. The van der Waals surface area contributed by atoms with Crippen LogP contribution in [0, 0.1) is 18.3 Å². The summed E-state index contributed by atoms with van der Waals surface area (Å²) in [5.41, 5.74) is 1.92. The van der Waals surface area contributed by atoms with Crippen LogP contribution in [0.4, 0.5) is 5.69 Å². The van der Waals surface area contributed by atoms with Crippen molar-refractivity contribution in [2.45, 2.75) is 11.8 Å². The first kappa shape index (κ1) is 22.3. The van der Waals surface area contributed by atoms with E-state index in [0.29, 0.717) is 15.7 Å². The van der Waals surface area contributed by atoms with Crippen LogP contribution in [0.3, 0.4) is 0 Å². The molecular weight excluding hydrogens is 480 g/mol. The molecule has 0 heterocycles. The molecule has 0 saturated carbocycles. The van der Waals surface area contributed by atoms with Crippen LogP contribution < -0.4 is 9.50 Å². The van der Waals surface area contributed by atoms with Gasteiger partial charge in [-0.25, -0.2) is 0 Å². The highest BCUT2D eigenvalue weighted by Crippen LogP contribution is 2.23. The maximum atomic E-state index is 12.4. The van der Waals surface area contributed by atoms with Gasteiger partial charge in [0.05, 0.1) is 5.69 Å². The molecule has 0 fully saturated rings. The fourth-order valence-corrected chi connectivity index (χ4v) is 3.88. The normalized spacial score (nSPS) is 11.5. The molecule has 1 N–H and O–H groups in total. The molecule has 0 aliphatic heterocycles. The highest BCUT2D eigenvalue weighted by atomic mass is 79.9. The van der Waals surface area contributed by atoms with Gasteiger partial charge in [-0.3, -0.25) is 4.79 Å². The van der Waals surface area contributed by atoms with E-state index in [1.807, 2.05) is 19.1 Å². The van der Waals surface area contributed by atoms with Crippen LogP contribution in [0.5, 0.6) is 5.75 Å². The summed E-state index contributed by atoms with van der Waals surface area (Å²) in [5, 5.41) is 12.0. The van der Waals surface area contributed by atoms with Gasteiger partial charge in [0.15, 0.2) is 0 Å². The number of anilines is 1. The van der Waals surface area contributed by atoms with Crippen LogP contribution in [0.25, 0.3) is 6.08 Å². The lowest BCUT2D eigenvalue weighted by Crippen LogP contribution is -2.13. The topological polar surface area (TPSA) is 96.3 Å². The predicted octanol–water partition coefficient (Wildman–Crippen LogP) is 5.07. The summed E-state index contributed by atoms with van der Waals surface area (Å²) in [5.74, 6) is -0.439. The second-order valence-electron chi connectivity index (χ2n) is 6.52. The summed E-state index contributed by atoms with van der Waals surface area (Å²) in [7, 11) is -3.96. The zero-order chi connectivity index (χ0) is 22.4. The Balaban J connectivity index is 1.74. The minimum atomic E-state index is -3.96. The molecule has 6 nitrogen and oxygen atoms in total. The van der Waals surface area contributed by atoms with Gasteiger partial charge in [0.2, 0.25) is 0 Å². The van der Waals surface area contributed by atoms with Gasteiger partial charge < -0.3 is 9.50 Å². The number of aryl methyl sites for hydroxylation is 1. The number of halogens is 1. The van der Waals surface area contributed by atoms with E-state index in [0.717, 1.165) is 5.56 Å². The summed E-state index contributed by atoms with van der Waals surface area (Å²) >= 11 is 3.33. The minimum Gasteiger partial charge on any atom is -0.379 e.